The van der Waals surface area contributed by atoms with Crippen molar-refractivity contribution < 1.29 is 9.59 Å². The van der Waals surface area contributed by atoms with Gasteiger partial charge in [-0.2, -0.15) is 9.98 Å². The zero-order chi connectivity index (χ0) is 23.3. The molecule has 0 bridgehead atoms. The Morgan fingerprint density at radius 3 is 1.27 bits per heavy atom. The largest absolute Gasteiger partial charge is 0.240 e. The van der Waals surface area contributed by atoms with Crippen LogP contribution in [0.25, 0.3) is 22.3 Å². The predicted octanol–water partition coefficient (Wildman–Crippen LogP) is 7.28. The van der Waals surface area contributed by atoms with Gasteiger partial charge in [0.15, 0.2) is 0 Å². The molecular formula is C29H22N2O2. The van der Waals surface area contributed by atoms with Gasteiger partial charge in [-0.05, 0) is 34.4 Å². The third-order valence-electron chi connectivity index (χ3n) is 5.98. The van der Waals surface area contributed by atoms with E-state index in [1.165, 1.54) is 11.1 Å². The second-order valence-electron chi connectivity index (χ2n) is 8.22. The molecule has 0 aliphatic heterocycles. The smallest absolute Gasteiger partial charge is 0.211 e. The molecule has 0 saturated carbocycles. The second kappa shape index (κ2) is 9.42. The molecule has 0 fully saturated rings. The van der Waals surface area contributed by atoms with Crippen LogP contribution in [-0.2, 0) is 15.0 Å². The van der Waals surface area contributed by atoms with E-state index in [1.54, 1.807) is 24.3 Å². The van der Waals surface area contributed by atoms with E-state index in [2.05, 4.69) is 72.4 Å². The van der Waals surface area contributed by atoms with Crippen molar-refractivity contribution in [1.82, 2.24) is 0 Å². The summed E-state index contributed by atoms with van der Waals surface area (Å²) < 4.78 is 0. The molecule has 4 nitrogen and oxygen atoms in total. The van der Waals surface area contributed by atoms with Crippen molar-refractivity contribution in [3.63, 3.8) is 0 Å². The van der Waals surface area contributed by atoms with Crippen LogP contribution >= 0.6 is 0 Å². The molecule has 0 spiro atoms. The lowest BCUT2D eigenvalue weighted by atomic mass is 9.77. The Labute approximate surface area is 193 Å². The van der Waals surface area contributed by atoms with Crippen molar-refractivity contribution in [3.8, 4) is 22.3 Å². The van der Waals surface area contributed by atoms with Gasteiger partial charge in [0.25, 0.3) is 0 Å². The number of carbonyl (C=O) groups excluding carboxylic acids is 2. The maximum Gasteiger partial charge on any atom is 0.240 e. The molecule has 4 aromatic rings. The van der Waals surface area contributed by atoms with E-state index < -0.39 is 0 Å². The summed E-state index contributed by atoms with van der Waals surface area (Å²) >= 11 is 0. The van der Waals surface area contributed by atoms with Gasteiger partial charge in [0.2, 0.25) is 12.2 Å². The molecule has 0 aromatic heterocycles. The lowest BCUT2D eigenvalue weighted by molar-refractivity contribution is 0.564. The topological polar surface area (TPSA) is 58.9 Å². The van der Waals surface area contributed by atoms with Crippen molar-refractivity contribution in [3.05, 3.63) is 108 Å². The fourth-order valence-electron chi connectivity index (χ4n) is 4.03. The summed E-state index contributed by atoms with van der Waals surface area (Å²) in [5.41, 5.74) is 7.10. The Morgan fingerprint density at radius 1 is 0.545 bits per heavy atom. The van der Waals surface area contributed by atoms with E-state index in [-0.39, 0.29) is 5.41 Å². The van der Waals surface area contributed by atoms with Crippen LogP contribution in [0.3, 0.4) is 0 Å². The van der Waals surface area contributed by atoms with Crippen LogP contribution in [0, 0.1) is 0 Å². The summed E-state index contributed by atoms with van der Waals surface area (Å²) in [7, 11) is 0. The van der Waals surface area contributed by atoms with Gasteiger partial charge < -0.3 is 0 Å². The Balaban J connectivity index is 1.64. The molecule has 4 rings (SSSR count). The number of benzene rings is 4. The Kier molecular flexibility index (Phi) is 6.24. The van der Waals surface area contributed by atoms with E-state index in [4.69, 9.17) is 0 Å². The molecule has 0 heterocycles. The van der Waals surface area contributed by atoms with Crippen molar-refractivity contribution in [2.45, 2.75) is 19.3 Å². The van der Waals surface area contributed by atoms with Crippen molar-refractivity contribution in [2.75, 3.05) is 0 Å². The van der Waals surface area contributed by atoms with Crippen LogP contribution in [0.4, 0.5) is 11.4 Å². The van der Waals surface area contributed by atoms with Crippen LogP contribution < -0.4 is 0 Å². The van der Waals surface area contributed by atoms with Gasteiger partial charge in [-0.3, -0.25) is 0 Å². The molecule has 0 atom stereocenters. The van der Waals surface area contributed by atoms with Gasteiger partial charge in [-0.1, -0.05) is 98.8 Å². The van der Waals surface area contributed by atoms with Crippen LogP contribution in [-0.4, -0.2) is 12.2 Å². The molecule has 0 aliphatic rings. The van der Waals surface area contributed by atoms with Crippen LogP contribution in [0.1, 0.15) is 25.0 Å². The van der Waals surface area contributed by atoms with Crippen molar-refractivity contribution in [2.24, 2.45) is 9.98 Å². The monoisotopic (exact) mass is 430 g/mol. The minimum Gasteiger partial charge on any atom is -0.211 e. The zero-order valence-electron chi connectivity index (χ0n) is 18.4. The van der Waals surface area contributed by atoms with E-state index >= 15 is 0 Å². The highest BCUT2D eigenvalue weighted by atomic mass is 16.1. The summed E-state index contributed by atoms with van der Waals surface area (Å²) in [6.45, 7) is 4.37. The summed E-state index contributed by atoms with van der Waals surface area (Å²) in [5.74, 6) is 0. The van der Waals surface area contributed by atoms with E-state index in [0.29, 0.717) is 11.4 Å². The average Bonchev–Trinajstić information content (AvgIpc) is 2.85. The number of hydrogen-bond donors (Lipinski definition) is 0. The quantitative estimate of drug-likeness (QED) is 0.238. The molecule has 4 aromatic carbocycles. The van der Waals surface area contributed by atoms with Crippen LogP contribution in [0.2, 0.25) is 0 Å². The summed E-state index contributed by atoms with van der Waals surface area (Å²) in [6, 6.07) is 31.7. The molecule has 33 heavy (non-hydrogen) atoms. The van der Waals surface area contributed by atoms with E-state index in [0.717, 1.165) is 22.3 Å². The first-order valence-electron chi connectivity index (χ1n) is 10.6. The van der Waals surface area contributed by atoms with Crippen molar-refractivity contribution in [1.29, 1.82) is 0 Å². The Bertz CT molecular complexity index is 1270. The molecule has 0 amide bonds. The fourth-order valence-corrected chi connectivity index (χ4v) is 4.03. The zero-order valence-corrected chi connectivity index (χ0v) is 18.4. The van der Waals surface area contributed by atoms with Gasteiger partial charge in [-0.25, -0.2) is 9.59 Å². The fraction of sp³-hybridized carbons (Fsp3) is 0.103. The first-order valence-corrected chi connectivity index (χ1v) is 10.6. The van der Waals surface area contributed by atoms with Crippen molar-refractivity contribution >= 4 is 23.5 Å². The standard InChI is InChI=1S/C29H22N2O2/c1-29(2,23-15-11-21(12-16-23)25-7-3-5-9-27(25)30-19-32)24-17-13-22(14-18-24)26-8-4-6-10-28(26)31-20-33/h3-18H,1-2H3. The van der Waals surface area contributed by atoms with Crippen LogP contribution in [0.5, 0.6) is 0 Å². The molecule has 4 heteroatoms. The molecule has 0 unspecified atom stereocenters. The minimum atomic E-state index is -0.224. The number of isocyanates is 2. The second-order valence-corrected chi connectivity index (χ2v) is 8.22. The van der Waals surface area contributed by atoms with E-state index in [9.17, 15) is 9.59 Å². The van der Waals surface area contributed by atoms with Gasteiger partial charge in [0.1, 0.15) is 0 Å². The molecular weight excluding hydrogens is 408 g/mol. The highest BCUT2D eigenvalue weighted by Gasteiger charge is 2.23. The number of nitrogens with zero attached hydrogens (tertiary/aromatic N) is 2. The van der Waals surface area contributed by atoms with E-state index in [1.807, 2.05) is 36.4 Å². The Morgan fingerprint density at radius 2 is 0.909 bits per heavy atom. The van der Waals surface area contributed by atoms with Gasteiger partial charge in [0, 0.05) is 16.5 Å². The first kappa shape index (κ1) is 21.9. The first-order chi connectivity index (χ1) is 16.0. The minimum absolute atomic E-state index is 0.224. The van der Waals surface area contributed by atoms with Gasteiger partial charge >= 0.3 is 0 Å². The predicted molar refractivity (Wildman–Crippen MR) is 131 cm³/mol. The molecule has 0 radical (unpaired) electrons. The van der Waals surface area contributed by atoms with Gasteiger partial charge in [-0.15, -0.1) is 0 Å². The number of hydrogen-bond acceptors (Lipinski definition) is 4. The Hall–Kier alpha value is -4.36. The van der Waals surface area contributed by atoms with Crippen LogP contribution in [0.15, 0.2) is 107 Å². The normalized spacial score (nSPS) is 10.7. The molecule has 0 saturated heterocycles. The third-order valence-corrected chi connectivity index (χ3v) is 5.98. The number of rotatable bonds is 6. The maximum absolute atomic E-state index is 10.8. The summed E-state index contributed by atoms with van der Waals surface area (Å²) in [4.78, 5) is 29.1. The summed E-state index contributed by atoms with van der Waals surface area (Å²) in [5, 5.41) is 0. The average molecular weight is 431 g/mol. The molecule has 0 N–H and O–H groups in total. The van der Waals surface area contributed by atoms with Gasteiger partial charge in [0.05, 0.1) is 11.4 Å². The maximum atomic E-state index is 10.8. The summed E-state index contributed by atoms with van der Waals surface area (Å²) in [6.07, 6.45) is 3.26. The molecule has 0 aliphatic carbocycles. The highest BCUT2D eigenvalue weighted by molar-refractivity contribution is 5.78. The lowest BCUT2D eigenvalue weighted by Gasteiger charge is -2.26. The highest BCUT2D eigenvalue weighted by Crippen LogP contribution is 2.37. The number of aliphatic imine (C=N–C) groups is 2. The molecule has 160 valence electrons. The number of para-hydroxylation sites is 2. The SMILES string of the molecule is CC(C)(c1ccc(-c2ccccc2N=C=O)cc1)c1ccc(-c2ccccc2N=C=O)cc1. The third kappa shape index (κ3) is 4.49. The lowest BCUT2D eigenvalue weighted by Crippen LogP contribution is -2.18.